The van der Waals surface area contributed by atoms with E-state index in [2.05, 4.69) is 0 Å². The van der Waals surface area contributed by atoms with Gasteiger partial charge in [-0.05, 0) is 24.1 Å². The number of hydrogen-bond donors (Lipinski definition) is 2. The SMILES string of the molecule is Cc1cc(C(C)(C)CO)ccc1N. The van der Waals surface area contributed by atoms with Crippen LogP contribution in [0.2, 0.25) is 0 Å². The fourth-order valence-electron chi connectivity index (χ4n) is 1.19. The Labute approximate surface area is 79.4 Å². The standard InChI is InChI=1S/C11H17NO/c1-8-6-9(4-5-10(8)12)11(2,3)7-13/h4-6,13H,7,12H2,1-3H3. The zero-order valence-electron chi connectivity index (χ0n) is 8.46. The van der Waals surface area contributed by atoms with Gasteiger partial charge in [0, 0.05) is 11.1 Å². The van der Waals surface area contributed by atoms with Gasteiger partial charge >= 0.3 is 0 Å². The maximum atomic E-state index is 9.18. The van der Waals surface area contributed by atoms with Gasteiger partial charge in [-0.15, -0.1) is 0 Å². The van der Waals surface area contributed by atoms with Gasteiger partial charge in [-0.25, -0.2) is 0 Å². The minimum atomic E-state index is -0.182. The van der Waals surface area contributed by atoms with Gasteiger partial charge in [-0.2, -0.15) is 0 Å². The number of rotatable bonds is 2. The van der Waals surface area contributed by atoms with Crippen molar-refractivity contribution in [3.63, 3.8) is 0 Å². The molecule has 0 amide bonds. The summed E-state index contributed by atoms with van der Waals surface area (Å²) >= 11 is 0. The first-order chi connectivity index (χ1) is 5.97. The second-order valence-corrected chi connectivity index (χ2v) is 4.11. The Morgan fingerprint density at radius 1 is 1.38 bits per heavy atom. The van der Waals surface area contributed by atoms with Crippen molar-refractivity contribution in [2.24, 2.45) is 0 Å². The molecule has 0 spiro atoms. The van der Waals surface area contributed by atoms with Crippen LogP contribution in [-0.2, 0) is 5.41 Å². The van der Waals surface area contributed by atoms with Gasteiger partial charge in [0.05, 0.1) is 6.61 Å². The highest BCUT2D eigenvalue weighted by molar-refractivity contribution is 5.48. The van der Waals surface area contributed by atoms with E-state index in [1.807, 2.05) is 39.0 Å². The first-order valence-electron chi connectivity index (χ1n) is 4.45. The molecule has 0 aliphatic heterocycles. The Morgan fingerprint density at radius 3 is 2.46 bits per heavy atom. The molecule has 72 valence electrons. The van der Waals surface area contributed by atoms with Crippen molar-refractivity contribution in [1.82, 2.24) is 0 Å². The summed E-state index contributed by atoms with van der Waals surface area (Å²) in [6, 6.07) is 5.90. The summed E-state index contributed by atoms with van der Waals surface area (Å²) in [4.78, 5) is 0. The number of aryl methyl sites for hydroxylation is 1. The van der Waals surface area contributed by atoms with E-state index >= 15 is 0 Å². The van der Waals surface area contributed by atoms with E-state index in [0.717, 1.165) is 16.8 Å². The van der Waals surface area contributed by atoms with Gasteiger partial charge in [0.15, 0.2) is 0 Å². The van der Waals surface area contributed by atoms with Gasteiger partial charge in [-0.3, -0.25) is 0 Å². The lowest BCUT2D eigenvalue weighted by atomic mass is 9.85. The van der Waals surface area contributed by atoms with Gasteiger partial charge < -0.3 is 10.8 Å². The Balaban J connectivity index is 3.10. The Hall–Kier alpha value is -1.02. The molecule has 0 radical (unpaired) electrons. The summed E-state index contributed by atoms with van der Waals surface area (Å²) in [6.07, 6.45) is 0. The maximum Gasteiger partial charge on any atom is 0.0522 e. The molecule has 0 aliphatic rings. The van der Waals surface area contributed by atoms with Crippen molar-refractivity contribution in [3.8, 4) is 0 Å². The topological polar surface area (TPSA) is 46.2 Å². The highest BCUT2D eigenvalue weighted by atomic mass is 16.3. The quantitative estimate of drug-likeness (QED) is 0.680. The van der Waals surface area contributed by atoms with Crippen molar-refractivity contribution in [1.29, 1.82) is 0 Å². The normalized spacial score (nSPS) is 11.7. The van der Waals surface area contributed by atoms with Crippen LogP contribution in [0.25, 0.3) is 0 Å². The summed E-state index contributed by atoms with van der Waals surface area (Å²) in [7, 11) is 0. The summed E-state index contributed by atoms with van der Waals surface area (Å²) in [5.41, 5.74) is 8.53. The number of nitrogens with two attached hydrogens (primary N) is 1. The van der Waals surface area contributed by atoms with Crippen molar-refractivity contribution < 1.29 is 5.11 Å². The van der Waals surface area contributed by atoms with Crippen molar-refractivity contribution in [2.75, 3.05) is 12.3 Å². The molecule has 0 fully saturated rings. The summed E-state index contributed by atoms with van der Waals surface area (Å²) in [6.45, 7) is 6.15. The summed E-state index contributed by atoms with van der Waals surface area (Å²) in [5.74, 6) is 0. The van der Waals surface area contributed by atoms with Crippen molar-refractivity contribution in [3.05, 3.63) is 29.3 Å². The van der Waals surface area contributed by atoms with Gasteiger partial charge in [-0.1, -0.05) is 26.0 Å². The van der Waals surface area contributed by atoms with E-state index in [9.17, 15) is 5.11 Å². The molecule has 3 N–H and O–H groups in total. The summed E-state index contributed by atoms with van der Waals surface area (Å²) in [5, 5.41) is 9.18. The van der Waals surface area contributed by atoms with Crippen LogP contribution in [0.5, 0.6) is 0 Å². The molecule has 0 saturated heterocycles. The van der Waals surface area contributed by atoms with Gasteiger partial charge in [0.25, 0.3) is 0 Å². The molecule has 1 aromatic rings. The van der Waals surface area contributed by atoms with Crippen LogP contribution in [0.4, 0.5) is 5.69 Å². The third-order valence-electron chi connectivity index (χ3n) is 2.45. The Bertz CT molecular complexity index is 305. The molecule has 0 unspecified atom stereocenters. The van der Waals surface area contributed by atoms with Crippen LogP contribution in [0.15, 0.2) is 18.2 Å². The molecular formula is C11H17NO. The van der Waals surface area contributed by atoms with Crippen molar-refractivity contribution >= 4 is 5.69 Å². The number of nitrogen functional groups attached to an aromatic ring is 1. The third kappa shape index (κ3) is 2.01. The van der Waals surface area contributed by atoms with Crippen LogP contribution in [0.3, 0.4) is 0 Å². The van der Waals surface area contributed by atoms with E-state index in [-0.39, 0.29) is 12.0 Å². The second kappa shape index (κ2) is 3.38. The molecule has 0 aromatic heterocycles. The fourth-order valence-corrected chi connectivity index (χ4v) is 1.19. The molecule has 2 heteroatoms. The van der Waals surface area contributed by atoms with Crippen LogP contribution in [0, 0.1) is 6.92 Å². The second-order valence-electron chi connectivity index (χ2n) is 4.11. The lowest BCUT2D eigenvalue weighted by Gasteiger charge is -2.22. The van der Waals surface area contributed by atoms with Crippen molar-refractivity contribution in [2.45, 2.75) is 26.2 Å². The zero-order chi connectivity index (χ0) is 10.1. The zero-order valence-corrected chi connectivity index (χ0v) is 8.46. The van der Waals surface area contributed by atoms with E-state index < -0.39 is 0 Å². The highest BCUT2D eigenvalue weighted by Crippen LogP contribution is 2.25. The first-order valence-corrected chi connectivity index (χ1v) is 4.45. The first kappa shape index (κ1) is 10.1. The lowest BCUT2D eigenvalue weighted by molar-refractivity contribution is 0.218. The van der Waals surface area contributed by atoms with E-state index in [0.29, 0.717) is 0 Å². The average Bonchev–Trinajstić information content (AvgIpc) is 2.09. The Morgan fingerprint density at radius 2 is 2.00 bits per heavy atom. The van der Waals surface area contributed by atoms with Gasteiger partial charge in [0.1, 0.15) is 0 Å². The lowest BCUT2D eigenvalue weighted by Crippen LogP contribution is -2.22. The van der Waals surface area contributed by atoms with Crippen LogP contribution < -0.4 is 5.73 Å². The Kier molecular flexibility index (Phi) is 2.62. The smallest absolute Gasteiger partial charge is 0.0522 e. The number of aliphatic hydroxyl groups excluding tert-OH is 1. The number of aliphatic hydroxyl groups is 1. The molecular weight excluding hydrogens is 162 g/mol. The van der Waals surface area contributed by atoms with Crippen LogP contribution in [0.1, 0.15) is 25.0 Å². The van der Waals surface area contributed by atoms with Gasteiger partial charge in [0.2, 0.25) is 0 Å². The number of hydrogen-bond acceptors (Lipinski definition) is 2. The molecule has 0 aliphatic carbocycles. The molecule has 0 atom stereocenters. The highest BCUT2D eigenvalue weighted by Gasteiger charge is 2.19. The van der Waals surface area contributed by atoms with E-state index in [1.165, 1.54) is 0 Å². The number of anilines is 1. The molecule has 13 heavy (non-hydrogen) atoms. The predicted octanol–water partition coefficient (Wildman–Crippen LogP) is 1.85. The minimum Gasteiger partial charge on any atom is -0.399 e. The number of benzene rings is 1. The molecule has 1 rings (SSSR count). The predicted molar refractivity (Wildman–Crippen MR) is 55.7 cm³/mol. The van der Waals surface area contributed by atoms with Crippen LogP contribution >= 0.6 is 0 Å². The molecule has 2 nitrogen and oxygen atoms in total. The molecule has 0 bridgehead atoms. The largest absolute Gasteiger partial charge is 0.399 e. The van der Waals surface area contributed by atoms with Crippen LogP contribution in [-0.4, -0.2) is 11.7 Å². The fraction of sp³-hybridized carbons (Fsp3) is 0.455. The summed E-state index contributed by atoms with van der Waals surface area (Å²) < 4.78 is 0. The third-order valence-corrected chi connectivity index (χ3v) is 2.45. The molecule has 1 aromatic carbocycles. The van der Waals surface area contributed by atoms with E-state index in [4.69, 9.17) is 5.73 Å². The molecule has 0 saturated carbocycles. The van der Waals surface area contributed by atoms with E-state index in [1.54, 1.807) is 0 Å². The molecule has 0 heterocycles. The maximum absolute atomic E-state index is 9.18. The monoisotopic (exact) mass is 179 g/mol. The average molecular weight is 179 g/mol. The minimum absolute atomic E-state index is 0.149.